The predicted octanol–water partition coefficient (Wildman–Crippen LogP) is 10.1. The van der Waals surface area contributed by atoms with Crippen LogP contribution in [-0.4, -0.2) is 9.21 Å². The molecule has 0 amide bonds. The maximum Gasteiger partial charge on any atom is 0.332 e. The van der Waals surface area contributed by atoms with Gasteiger partial charge in [0.05, 0.1) is 14.6 Å². The Balaban J connectivity index is 1.25. The molecular weight excluding hydrogens is 691 g/mol. The molecule has 50 heavy (non-hydrogen) atoms. The van der Waals surface area contributed by atoms with Crippen molar-refractivity contribution in [2.45, 2.75) is 0 Å². The van der Waals surface area contributed by atoms with Crippen molar-refractivity contribution in [3.05, 3.63) is 158 Å². The summed E-state index contributed by atoms with van der Waals surface area (Å²) in [5, 5.41) is 0. The molecule has 1 saturated heterocycles. The van der Waals surface area contributed by atoms with Crippen molar-refractivity contribution < 1.29 is 28.2 Å². The summed E-state index contributed by atoms with van der Waals surface area (Å²) in [4.78, 5) is 16.3. The molecule has 1 fully saturated rings. The predicted molar refractivity (Wildman–Crippen MR) is 199 cm³/mol. The van der Waals surface area contributed by atoms with Crippen LogP contribution in [0.2, 0.25) is 0 Å². The molecule has 252 valence electrons. The topological polar surface area (TPSA) is 126 Å². The molecule has 7 rings (SSSR count). The summed E-state index contributed by atoms with van der Waals surface area (Å²) >= 11 is 0. The molecule has 3 unspecified atom stereocenters. The lowest BCUT2D eigenvalue weighted by molar-refractivity contribution is 0.0682. The Labute approximate surface area is 293 Å². The van der Waals surface area contributed by atoms with E-state index in [-0.39, 0.29) is 14.6 Å². The number of nitrogens with one attached hydrogen (secondary N) is 1. The van der Waals surface area contributed by atoms with Gasteiger partial charge in [0.15, 0.2) is 23.0 Å². The van der Waals surface area contributed by atoms with Gasteiger partial charge in [-0.2, -0.15) is 0 Å². The molecule has 1 heterocycles. The van der Waals surface area contributed by atoms with Gasteiger partial charge in [-0.15, -0.1) is 0 Å². The molecule has 0 spiro atoms. The van der Waals surface area contributed by atoms with E-state index in [0.717, 1.165) is 0 Å². The van der Waals surface area contributed by atoms with Crippen LogP contribution in [0.5, 0.6) is 46.0 Å². The zero-order chi connectivity index (χ0) is 34.1. The highest BCUT2D eigenvalue weighted by atomic mass is 31.3. The van der Waals surface area contributed by atoms with Crippen molar-refractivity contribution in [1.29, 1.82) is 0 Å². The molecule has 3 atom stereocenters. The summed E-state index contributed by atoms with van der Waals surface area (Å²) in [6.45, 7) is 0. The number of para-hydroxylation sites is 6. The van der Waals surface area contributed by atoms with E-state index in [9.17, 15) is 0 Å². The number of nitrogens with zero attached hydrogens (tertiary/aromatic N) is 2. The molecule has 0 aromatic heterocycles. The van der Waals surface area contributed by atoms with Crippen molar-refractivity contribution in [3.63, 3.8) is 0 Å². The van der Waals surface area contributed by atoms with Crippen molar-refractivity contribution in [1.82, 2.24) is 14.1 Å². The van der Waals surface area contributed by atoms with Gasteiger partial charge < -0.3 is 39.7 Å². The lowest BCUT2D eigenvalue weighted by atomic mass is 10.2. The molecule has 0 aliphatic carbocycles. The highest BCUT2D eigenvalue weighted by molar-refractivity contribution is 7.74. The molecule has 0 bridgehead atoms. The Hall–Kier alpha value is -5.11. The van der Waals surface area contributed by atoms with Crippen LogP contribution >= 0.6 is 25.8 Å². The molecule has 0 saturated carbocycles. The zero-order valence-electron chi connectivity index (χ0n) is 26.4. The van der Waals surface area contributed by atoms with Crippen LogP contribution < -0.4 is 44.5 Å². The highest BCUT2D eigenvalue weighted by Crippen LogP contribution is 2.66. The zero-order valence-corrected chi connectivity index (χ0v) is 29.2. The Morgan fingerprint density at radius 3 is 1.68 bits per heavy atom. The second kappa shape index (κ2) is 16.1. The minimum Gasteiger partial charge on any atom is -0.453 e. The van der Waals surface area contributed by atoms with Gasteiger partial charge in [0, 0.05) is 4.60 Å². The average molecular weight is 724 g/mol. The first-order valence-electron chi connectivity index (χ1n) is 15.4. The molecule has 6 aromatic carbocycles. The van der Waals surface area contributed by atoms with E-state index in [1.165, 1.54) is 0 Å². The van der Waals surface area contributed by atoms with Crippen molar-refractivity contribution >= 4 is 37.2 Å². The van der Waals surface area contributed by atoms with Crippen LogP contribution in [0.1, 0.15) is 0 Å². The second-order valence-corrected chi connectivity index (χ2v) is 15.2. The number of nitrogens with two attached hydrogens (primary N) is 2. The maximum absolute atomic E-state index is 6.83. The van der Waals surface area contributed by atoms with Gasteiger partial charge in [0.1, 0.15) is 28.7 Å². The monoisotopic (exact) mass is 723 g/mol. The lowest BCUT2D eigenvalue weighted by Crippen LogP contribution is -2.37. The number of benzene rings is 6. The van der Waals surface area contributed by atoms with E-state index in [4.69, 9.17) is 39.7 Å². The Kier molecular flexibility index (Phi) is 10.7. The summed E-state index contributed by atoms with van der Waals surface area (Å²) in [6.07, 6.45) is 0. The number of hydrogen-bond donors (Lipinski definition) is 3. The molecule has 6 aromatic rings. The smallest absolute Gasteiger partial charge is 0.332 e. The standard InChI is InChI=1S/C36H32N5O6P3/c37-31-23-13-14-24-32(31)45-41-49(39-48-40(44-29-19-9-3-10-20-29)50(41)46-30-21-11-4-12-22-30)47-33-25-26-34(42-27-15-5-1-6-16-27)36(35(33)38)43-28-17-7-2-8-18-28/h1-26,39,48H,37-38H2. The normalized spacial score (nSPS) is 16.7. The fourth-order valence-electron chi connectivity index (χ4n) is 4.52. The summed E-state index contributed by atoms with van der Waals surface area (Å²) < 4.78 is 29.1. The minimum absolute atomic E-state index is 0.104. The van der Waals surface area contributed by atoms with Crippen LogP contribution in [0.15, 0.2) is 158 Å². The van der Waals surface area contributed by atoms with Crippen LogP contribution in [0.25, 0.3) is 0 Å². The van der Waals surface area contributed by atoms with Crippen molar-refractivity contribution in [3.8, 4) is 46.0 Å². The van der Waals surface area contributed by atoms with Crippen molar-refractivity contribution in [2.75, 3.05) is 11.5 Å². The fourth-order valence-corrected chi connectivity index (χ4v) is 10.1. The fraction of sp³-hybridized carbons (Fsp3) is 0. The molecule has 11 nitrogen and oxygen atoms in total. The van der Waals surface area contributed by atoms with E-state index < -0.39 is 16.9 Å². The second-order valence-electron chi connectivity index (χ2n) is 10.4. The van der Waals surface area contributed by atoms with E-state index in [1.54, 1.807) is 33.5 Å². The van der Waals surface area contributed by atoms with Gasteiger partial charge in [-0.05, 0) is 77.4 Å². The third-order valence-corrected chi connectivity index (χ3v) is 12.0. The summed E-state index contributed by atoms with van der Waals surface area (Å²) in [6, 6.07) is 48.3. The van der Waals surface area contributed by atoms with E-state index in [2.05, 4.69) is 4.86 Å². The first-order chi connectivity index (χ1) is 24.6. The highest BCUT2D eigenvalue weighted by Gasteiger charge is 2.46. The average Bonchev–Trinajstić information content (AvgIpc) is 3.15. The minimum atomic E-state index is -1.84. The van der Waals surface area contributed by atoms with Gasteiger partial charge in [-0.25, -0.2) is 4.86 Å². The molecular formula is C36H32N5O6P3. The van der Waals surface area contributed by atoms with Crippen molar-refractivity contribution in [2.24, 2.45) is 0 Å². The van der Waals surface area contributed by atoms with Gasteiger partial charge >= 0.3 is 8.45 Å². The third-order valence-electron chi connectivity index (χ3n) is 6.90. The van der Waals surface area contributed by atoms with E-state index in [0.29, 0.717) is 51.7 Å². The van der Waals surface area contributed by atoms with Gasteiger partial charge in [0.25, 0.3) is 8.45 Å². The molecule has 1 aliphatic heterocycles. The maximum atomic E-state index is 6.83. The quantitative estimate of drug-likeness (QED) is 0.0825. The van der Waals surface area contributed by atoms with Gasteiger partial charge in [-0.3, -0.25) is 0 Å². The Bertz CT molecular complexity index is 1990. The Morgan fingerprint density at radius 1 is 0.500 bits per heavy atom. The summed E-state index contributed by atoms with van der Waals surface area (Å²) in [7, 11) is -3.75. The summed E-state index contributed by atoms with van der Waals surface area (Å²) in [5.41, 5.74) is 13.8. The molecule has 0 radical (unpaired) electrons. The molecule has 5 N–H and O–H groups in total. The SMILES string of the molecule is Nc1ccccc1ON1P(Oc2ccc(Oc3ccccc3)c(Oc3ccccc3)c2N)NPN(Oc2ccccc2)P1Oc1ccccc1. The number of hydrogen-bond acceptors (Lipinski definition) is 11. The van der Waals surface area contributed by atoms with E-state index in [1.807, 2.05) is 133 Å². The first-order valence-corrected chi connectivity index (χ1v) is 18.7. The number of rotatable bonds is 12. The van der Waals surface area contributed by atoms with Crippen LogP contribution in [0.4, 0.5) is 11.4 Å². The third kappa shape index (κ3) is 8.19. The van der Waals surface area contributed by atoms with Gasteiger partial charge in [0.2, 0.25) is 0 Å². The lowest BCUT2D eigenvalue weighted by Gasteiger charge is -2.42. The number of nitrogen functional groups attached to an aromatic ring is 2. The van der Waals surface area contributed by atoms with Crippen LogP contribution in [-0.2, 0) is 0 Å². The first kappa shape index (κ1) is 33.4. The van der Waals surface area contributed by atoms with Crippen LogP contribution in [0.3, 0.4) is 0 Å². The summed E-state index contributed by atoms with van der Waals surface area (Å²) in [5.74, 6) is 3.89. The van der Waals surface area contributed by atoms with E-state index >= 15 is 0 Å². The number of anilines is 2. The van der Waals surface area contributed by atoms with Crippen LogP contribution in [0, 0.1) is 0 Å². The molecule has 1 aliphatic rings. The largest absolute Gasteiger partial charge is 0.453 e. The Morgan fingerprint density at radius 2 is 1.04 bits per heavy atom. The van der Waals surface area contributed by atoms with Gasteiger partial charge in [-0.1, -0.05) is 84.9 Å². The number of ether oxygens (including phenoxy) is 2. The molecule has 14 heteroatoms.